The normalized spacial score (nSPS) is 15.1. The highest BCUT2D eigenvalue weighted by Gasteiger charge is 2.18. The quantitative estimate of drug-likeness (QED) is 0.508. The van der Waals surface area contributed by atoms with E-state index in [2.05, 4.69) is 30.9 Å². The molecule has 0 bridgehead atoms. The number of pyridine rings is 1. The summed E-state index contributed by atoms with van der Waals surface area (Å²) in [6, 6.07) is 11.8. The summed E-state index contributed by atoms with van der Waals surface area (Å²) in [5.74, 6) is 2.85. The zero-order valence-electron chi connectivity index (χ0n) is 17.6. The van der Waals surface area contributed by atoms with Crippen LogP contribution >= 0.6 is 0 Å². The predicted molar refractivity (Wildman–Crippen MR) is 120 cm³/mol. The van der Waals surface area contributed by atoms with Crippen LogP contribution in [0.2, 0.25) is 0 Å². The average Bonchev–Trinajstić information content (AvgIpc) is 3.25. The zero-order valence-corrected chi connectivity index (χ0v) is 17.6. The maximum Gasteiger partial charge on any atom is 0.223 e. The molecule has 1 fully saturated rings. The highest BCUT2D eigenvalue weighted by Crippen LogP contribution is 2.27. The number of nitrogen functional groups attached to an aromatic ring is 1. The second-order valence-corrected chi connectivity index (χ2v) is 7.71. The van der Waals surface area contributed by atoms with Crippen molar-refractivity contribution in [3.8, 4) is 5.75 Å². The maximum absolute atomic E-state index is 6.14. The molecule has 0 saturated carbocycles. The molecule has 4 heterocycles. The Balaban J connectivity index is 1.23. The molecular formula is C22H26N8O. The molecule has 31 heavy (non-hydrogen) atoms. The van der Waals surface area contributed by atoms with Crippen molar-refractivity contribution in [2.24, 2.45) is 0 Å². The summed E-state index contributed by atoms with van der Waals surface area (Å²) >= 11 is 0. The summed E-state index contributed by atoms with van der Waals surface area (Å²) < 4.78 is 7.05. The molecule has 9 heteroatoms. The minimum absolute atomic E-state index is 0.316. The Bertz CT molecular complexity index is 1180. The number of para-hydroxylation sites is 1. The van der Waals surface area contributed by atoms with E-state index in [1.807, 2.05) is 36.5 Å². The fraction of sp³-hybridized carbons (Fsp3) is 0.364. The summed E-state index contributed by atoms with van der Waals surface area (Å²) in [5.41, 5.74) is 7.57. The van der Waals surface area contributed by atoms with Crippen molar-refractivity contribution in [3.63, 3.8) is 0 Å². The first-order chi connectivity index (χ1) is 15.2. The molecule has 0 spiro atoms. The summed E-state index contributed by atoms with van der Waals surface area (Å²) in [5, 5.41) is 5.48. The standard InChI is InChI=1S/C22H26N8O/c1-31-17-7-4-6-16-20(17)26-22(23)30-21(16)25-18(27-30)8-5-11-28-12-14-29(15-13-28)19-9-2-3-10-24-19/h2-4,6-7,9-10H,5,8,11-15H2,1H3,(H2,23,26). The smallest absolute Gasteiger partial charge is 0.223 e. The topological polar surface area (TPSA) is 97.7 Å². The molecule has 1 aliphatic rings. The molecule has 160 valence electrons. The van der Waals surface area contributed by atoms with Crippen LogP contribution < -0.4 is 15.4 Å². The summed E-state index contributed by atoms with van der Waals surface area (Å²) in [6.45, 7) is 5.10. The molecule has 1 aliphatic heterocycles. The molecule has 0 atom stereocenters. The fourth-order valence-corrected chi connectivity index (χ4v) is 4.14. The molecule has 0 radical (unpaired) electrons. The first-order valence-corrected chi connectivity index (χ1v) is 10.6. The van der Waals surface area contributed by atoms with Gasteiger partial charge in [0.15, 0.2) is 11.5 Å². The van der Waals surface area contributed by atoms with E-state index in [0.717, 1.165) is 68.2 Å². The van der Waals surface area contributed by atoms with E-state index in [-0.39, 0.29) is 0 Å². The number of piperazine rings is 1. The van der Waals surface area contributed by atoms with Gasteiger partial charge in [0, 0.05) is 44.2 Å². The number of hydrogen-bond donors (Lipinski definition) is 1. The number of rotatable bonds is 6. The Morgan fingerprint density at radius 3 is 2.68 bits per heavy atom. The van der Waals surface area contributed by atoms with Gasteiger partial charge >= 0.3 is 0 Å². The number of ether oxygens (including phenoxy) is 1. The monoisotopic (exact) mass is 418 g/mol. The number of benzene rings is 1. The summed E-state index contributed by atoms with van der Waals surface area (Å²) in [6.07, 6.45) is 3.65. The van der Waals surface area contributed by atoms with E-state index < -0.39 is 0 Å². The number of aryl methyl sites for hydroxylation is 1. The van der Waals surface area contributed by atoms with Gasteiger partial charge in [-0.05, 0) is 37.2 Å². The number of nitrogens with two attached hydrogens (primary N) is 1. The lowest BCUT2D eigenvalue weighted by molar-refractivity contribution is 0.254. The molecule has 0 unspecified atom stereocenters. The van der Waals surface area contributed by atoms with Crippen molar-refractivity contribution in [2.45, 2.75) is 12.8 Å². The third kappa shape index (κ3) is 3.84. The van der Waals surface area contributed by atoms with E-state index in [1.165, 1.54) is 0 Å². The van der Waals surface area contributed by atoms with Crippen LogP contribution in [0.15, 0.2) is 42.6 Å². The lowest BCUT2D eigenvalue weighted by Crippen LogP contribution is -2.47. The van der Waals surface area contributed by atoms with E-state index >= 15 is 0 Å². The lowest BCUT2D eigenvalue weighted by Gasteiger charge is -2.35. The summed E-state index contributed by atoms with van der Waals surface area (Å²) in [7, 11) is 1.63. The van der Waals surface area contributed by atoms with Gasteiger partial charge in [0.2, 0.25) is 5.95 Å². The van der Waals surface area contributed by atoms with Crippen molar-refractivity contribution in [2.75, 3.05) is 50.5 Å². The van der Waals surface area contributed by atoms with Gasteiger partial charge in [-0.2, -0.15) is 4.52 Å². The Morgan fingerprint density at radius 1 is 1.03 bits per heavy atom. The highest BCUT2D eigenvalue weighted by atomic mass is 16.5. The molecular weight excluding hydrogens is 392 g/mol. The van der Waals surface area contributed by atoms with Gasteiger partial charge in [0.1, 0.15) is 17.1 Å². The fourth-order valence-electron chi connectivity index (χ4n) is 4.14. The van der Waals surface area contributed by atoms with Gasteiger partial charge in [0.05, 0.1) is 7.11 Å². The van der Waals surface area contributed by atoms with Crippen molar-refractivity contribution in [1.82, 2.24) is 29.5 Å². The van der Waals surface area contributed by atoms with Gasteiger partial charge in [-0.25, -0.2) is 15.0 Å². The van der Waals surface area contributed by atoms with E-state index in [0.29, 0.717) is 17.2 Å². The van der Waals surface area contributed by atoms with Gasteiger partial charge in [0.25, 0.3) is 0 Å². The van der Waals surface area contributed by atoms with Crippen molar-refractivity contribution in [3.05, 3.63) is 48.4 Å². The Labute approximate surface area is 180 Å². The van der Waals surface area contributed by atoms with E-state index in [4.69, 9.17) is 15.5 Å². The van der Waals surface area contributed by atoms with Crippen LogP contribution in [0.5, 0.6) is 5.75 Å². The number of fused-ring (bicyclic) bond motifs is 3. The number of anilines is 2. The third-order valence-corrected chi connectivity index (χ3v) is 5.77. The van der Waals surface area contributed by atoms with Crippen LogP contribution in [0.1, 0.15) is 12.2 Å². The van der Waals surface area contributed by atoms with Crippen LogP contribution in [0.25, 0.3) is 16.6 Å². The van der Waals surface area contributed by atoms with Crippen LogP contribution in [0, 0.1) is 0 Å². The SMILES string of the molecule is COc1cccc2c1nc(N)n1nc(CCCN3CCN(c4ccccn4)CC3)nc21. The molecule has 0 aliphatic carbocycles. The number of hydrogen-bond acceptors (Lipinski definition) is 8. The van der Waals surface area contributed by atoms with Crippen molar-refractivity contribution < 1.29 is 4.74 Å². The van der Waals surface area contributed by atoms with E-state index in [1.54, 1.807) is 11.6 Å². The van der Waals surface area contributed by atoms with Crippen LogP contribution in [-0.4, -0.2) is 69.3 Å². The minimum atomic E-state index is 0.316. The summed E-state index contributed by atoms with van der Waals surface area (Å²) in [4.78, 5) is 18.5. The maximum atomic E-state index is 6.14. The second-order valence-electron chi connectivity index (χ2n) is 7.71. The molecule has 1 aromatic carbocycles. The van der Waals surface area contributed by atoms with Gasteiger partial charge in [-0.1, -0.05) is 12.1 Å². The molecule has 3 aromatic heterocycles. The molecule has 5 rings (SSSR count). The molecule has 1 saturated heterocycles. The van der Waals surface area contributed by atoms with Gasteiger partial charge < -0.3 is 15.4 Å². The Hall–Kier alpha value is -3.46. The first kappa shape index (κ1) is 19.5. The lowest BCUT2D eigenvalue weighted by atomic mass is 10.2. The average molecular weight is 419 g/mol. The largest absolute Gasteiger partial charge is 0.494 e. The molecule has 4 aromatic rings. The highest BCUT2D eigenvalue weighted by molar-refractivity contribution is 5.95. The van der Waals surface area contributed by atoms with Crippen LogP contribution in [0.4, 0.5) is 11.8 Å². The third-order valence-electron chi connectivity index (χ3n) is 5.77. The van der Waals surface area contributed by atoms with Crippen molar-refractivity contribution >= 4 is 28.3 Å². The predicted octanol–water partition coefficient (Wildman–Crippen LogP) is 2.02. The van der Waals surface area contributed by atoms with Gasteiger partial charge in [-0.15, -0.1) is 5.10 Å². The Morgan fingerprint density at radius 2 is 1.90 bits per heavy atom. The molecule has 0 amide bonds. The van der Waals surface area contributed by atoms with Crippen molar-refractivity contribution in [1.29, 1.82) is 0 Å². The van der Waals surface area contributed by atoms with E-state index in [9.17, 15) is 0 Å². The first-order valence-electron chi connectivity index (χ1n) is 10.6. The number of methoxy groups -OCH3 is 1. The second kappa shape index (κ2) is 8.35. The zero-order chi connectivity index (χ0) is 21.2. The van der Waals surface area contributed by atoms with Crippen LogP contribution in [0.3, 0.4) is 0 Å². The number of aromatic nitrogens is 5. The van der Waals surface area contributed by atoms with Gasteiger partial charge in [-0.3, -0.25) is 4.90 Å². The molecule has 2 N–H and O–H groups in total. The number of nitrogens with zero attached hydrogens (tertiary/aromatic N) is 7. The Kier molecular flexibility index (Phi) is 5.25. The minimum Gasteiger partial charge on any atom is -0.494 e. The molecule has 9 nitrogen and oxygen atoms in total. The van der Waals surface area contributed by atoms with Crippen LogP contribution in [-0.2, 0) is 6.42 Å².